The lowest BCUT2D eigenvalue weighted by Gasteiger charge is -2.35. The van der Waals surface area contributed by atoms with Gasteiger partial charge in [-0.1, -0.05) is 23.7 Å². The quantitative estimate of drug-likeness (QED) is 0.865. The van der Waals surface area contributed by atoms with Crippen LogP contribution in [0.15, 0.2) is 24.3 Å². The molecule has 1 aliphatic rings. The van der Waals surface area contributed by atoms with Crippen LogP contribution in [-0.4, -0.2) is 47.9 Å². The Bertz CT molecular complexity index is 596. The molecule has 1 heterocycles. The molecule has 0 spiro atoms. The van der Waals surface area contributed by atoms with Crippen molar-refractivity contribution in [3.63, 3.8) is 0 Å². The molecule has 0 saturated carbocycles. The molecule has 5 nitrogen and oxygen atoms in total. The van der Waals surface area contributed by atoms with Crippen LogP contribution in [0.4, 0.5) is 4.79 Å². The predicted molar refractivity (Wildman–Crippen MR) is 101 cm³/mol. The van der Waals surface area contributed by atoms with Crippen LogP contribution in [0.2, 0.25) is 5.02 Å². The molecule has 0 aliphatic carbocycles. The molecule has 1 unspecified atom stereocenters. The number of hydrogen-bond acceptors (Lipinski definition) is 2. The van der Waals surface area contributed by atoms with E-state index in [0.717, 1.165) is 5.56 Å². The first-order valence-corrected chi connectivity index (χ1v) is 9.43. The summed E-state index contributed by atoms with van der Waals surface area (Å²) in [5, 5.41) is 3.74. The fourth-order valence-electron chi connectivity index (χ4n) is 3.22. The van der Waals surface area contributed by atoms with Crippen LogP contribution in [0.25, 0.3) is 0 Å². The van der Waals surface area contributed by atoms with Crippen molar-refractivity contribution in [3.8, 4) is 0 Å². The van der Waals surface area contributed by atoms with Gasteiger partial charge in [-0.3, -0.25) is 4.79 Å². The van der Waals surface area contributed by atoms with E-state index < -0.39 is 0 Å². The number of benzene rings is 1. The summed E-state index contributed by atoms with van der Waals surface area (Å²) in [5.41, 5.74) is 0.995. The first-order chi connectivity index (χ1) is 12.0. The molecule has 0 radical (unpaired) electrons. The van der Waals surface area contributed by atoms with Crippen molar-refractivity contribution in [2.24, 2.45) is 5.92 Å². The van der Waals surface area contributed by atoms with Gasteiger partial charge < -0.3 is 15.1 Å². The minimum absolute atomic E-state index is 0.0395. The standard InChI is InChI=1S/C19H28ClN3O2/c1-4-22(5-2)19(25)23-11-9-15(10-12-23)18(24)21-14(3)16-7-6-8-17(20)13-16/h6-8,13-15H,4-5,9-12H2,1-3H3,(H,21,24). The number of carbonyl (C=O) groups excluding carboxylic acids is 2. The number of hydrogen-bond donors (Lipinski definition) is 1. The second kappa shape index (κ2) is 9.09. The van der Waals surface area contributed by atoms with Crippen molar-refractivity contribution in [1.29, 1.82) is 0 Å². The molecule has 1 aromatic carbocycles. The van der Waals surface area contributed by atoms with Gasteiger partial charge in [0.25, 0.3) is 0 Å². The highest BCUT2D eigenvalue weighted by Crippen LogP contribution is 2.22. The maximum absolute atomic E-state index is 12.5. The third-order valence-electron chi connectivity index (χ3n) is 4.88. The largest absolute Gasteiger partial charge is 0.349 e. The zero-order chi connectivity index (χ0) is 18.4. The van der Waals surface area contributed by atoms with Gasteiger partial charge in [-0.25, -0.2) is 4.79 Å². The number of likely N-dealkylation sites (tertiary alicyclic amines) is 1. The second-order valence-electron chi connectivity index (χ2n) is 6.50. The van der Waals surface area contributed by atoms with E-state index in [1.54, 1.807) is 0 Å². The predicted octanol–water partition coefficient (Wildman–Crippen LogP) is 3.69. The van der Waals surface area contributed by atoms with Gasteiger partial charge in [0.15, 0.2) is 0 Å². The summed E-state index contributed by atoms with van der Waals surface area (Å²) in [7, 11) is 0. The summed E-state index contributed by atoms with van der Waals surface area (Å²) >= 11 is 6.02. The minimum Gasteiger partial charge on any atom is -0.349 e. The Morgan fingerprint density at radius 3 is 2.48 bits per heavy atom. The van der Waals surface area contributed by atoms with Gasteiger partial charge in [0.1, 0.15) is 0 Å². The van der Waals surface area contributed by atoms with Crippen molar-refractivity contribution in [2.45, 2.75) is 39.7 Å². The number of carbonyl (C=O) groups is 2. The summed E-state index contributed by atoms with van der Waals surface area (Å²) in [6.45, 7) is 8.64. The molecule has 0 aromatic heterocycles. The molecule has 1 atom stereocenters. The molecule has 0 bridgehead atoms. The molecular formula is C19H28ClN3O2. The zero-order valence-corrected chi connectivity index (χ0v) is 16.1. The molecule has 1 N–H and O–H groups in total. The summed E-state index contributed by atoms with van der Waals surface area (Å²) in [5.74, 6) is 0.0183. The first kappa shape index (κ1) is 19.6. The minimum atomic E-state index is -0.0819. The Morgan fingerprint density at radius 1 is 1.28 bits per heavy atom. The van der Waals surface area contributed by atoms with Gasteiger partial charge in [-0.05, 0) is 51.3 Å². The molecule has 25 heavy (non-hydrogen) atoms. The van der Waals surface area contributed by atoms with Crippen molar-refractivity contribution >= 4 is 23.5 Å². The van der Waals surface area contributed by atoms with Gasteiger partial charge >= 0.3 is 6.03 Å². The van der Waals surface area contributed by atoms with E-state index in [1.807, 2.05) is 54.8 Å². The monoisotopic (exact) mass is 365 g/mol. The topological polar surface area (TPSA) is 52.7 Å². The summed E-state index contributed by atoms with van der Waals surface area (Å²) in [6.07, 6.45) is 1.42. The highest BCUT2D eigenvalue weighted by atomic mass is 35.5. The van der Waals surface area contributed by atoms with Crippen LogP contribution in [0, 0.1) is 5.92 Å². The molecule has 1 saturated heterocycles. The summed E-state index contributed by atoms with van der Waals surface area (Å²) in [4.78, 5) is 28.6. The van der Waals surface area contributed by atoms with Gasteiger partial charge in [0, 0.05) is 37.1 Å². The average molecular weight is 366 g/mol. The summed E-state index contributed by atoms with van der Waals surface area (Å²) in [6, 6.07) is 7.54. The Labute approximate surface area is 155 Å². The van der Waals surface area contributed by atoms with Crippen molar-refractivity contribution < 1.29 is 9.59 Å². The SMILES string of the molecule is CCN(CC)C(=O)N1CCC(C(=O)NC(C)c2cccc(Cl)c2)CC1. The third kappa shape index (κ3) is 5.11. The maximum Gasteiger partial charge on any atom is 0.319 e. The fraction of sp³-hybridized carbons (Fsp3) is 0.579. The maximum atomic E-state index is 12.5. The molecule has 1 aromatic rings. The van der Waals surface area contributed by atoms with Crippen molar-refractivity contribution in [3.05, 3.63) is 34.9 Å². The number of rotatable bonds is 5. The van der Waals surface area contributed by atoms with Crippen LogP contribution in [0.5, 0.6) is 0 Å². The highest BCUT2D eigenvalue weighted by Gasteiger charge is 2.29. The van der Waals surface area contributed by atoms with E-state index in [2.05, 4.69) is 5.32 Å². The smallest absolute Gasteiger partial charge is 0.319 e. The Balaban J connectivity index is 1.86. The summed E-state index contributed by atoms with van der Waals surface area (Å²) < 4.78 is 0. The molecule has 1 aliphatic heterocycles. The van der Waals surface area contributed by atoms with Crippen molar-refractivity contribution in [2.75, 3.05) is 26.2 Å². The van der Waals surface area contributed by atoms with Crippen LogP contribution in [0.1, 0.15) is 45.2 Å². The van der Waals surface area contributed by atoms with E-state index >= 15 is 0 Å². The number of nitrogens with one attached hydrogen (secondary N) is 1. The van der Waals surface area contributed by atoms with E-state index in [9.17, 15) is 9.59 Å². The number of piperidine rings is 1. The number of urea groups is 1. The fourth-order valence-corrected chi connectivity index (χ4v) is 3.42. The second-order valence-corrected chi connectivity index (χ2v) is 6.94. The van der Waals surface area contributed by atoms with Crippen LogP contribution in [-0.2, 0) is 4.79 Å². The number of amides is 3. The molecular weight excluding hydrogens is 338 g/mol. The zero-order valence-electron chi connectivity index (χ0n) is 15.3. The lowest BCUT2D eigenvalue weighted by molar-refractivity contribution is -0.127. The van der Waals surface area contributed by atoms with Gasteiger partial charge in [-0.2, -0.15) is 0 Å². The molecule has 138 valence electrons. The average Bonchev–Trinajstić information content (AvgIpc) is 2.62. The van der Waals surface area contributed by atoms with E-state index in [0.29, 0.717) is 44.0 Å². The van der Waals surface area contributed by atoms with Crippen molar-refractivity contribution in [1.82, 2.24) is 15.1 Å². The van der Waals surface area contributed by atoms with Gasteiger partial charge in [0.2, 0.25) is 5.91 Å². The van der Waals surface area contributed by atoms with E-state index in [4.69, 9.17) is 11.6 Å². The molecule has 2 rings (SSSR count). The Morgan fingerprint density at radius 2 is 1.92 bits per heavy atom. The molecule has 1 fully saturated rings. The molecule has 6 heteroatoms. The van der Waals surface area contributed by atoms with Gasteiger partial charge in [-0.15, -0.1) is 0 Å². The number of halogens is 1. The number of nitrogens with zero attached hydrogens (tertiary/aromatic N) is 2. The lowest BCUT2D eigenvalue weighted by atomic mass is 9.95. The van der Waals surface area contributed by atoms with Crippen LogP contribution < -0.4 is 5.32 Å². The van der Waals surface area contributed by atoms with E-state index in [-0.39, 0.29) is 23.9 Å². The van der Waals surface area contributed by atoms with Crippen LogP contribution >= 0.6 is 11.6 Å². The normalized spacial score (nSPS) is 16.4. The Kier molecular flexibility index (Phi) is 7.12. The first-order valence-electron chi connectivity index (χ1n) is 9.05. The Hall–Kier alpha value is -1.75. The van der Waals surface area contributed by atoms with E-state index in [1.165, 1.54) is 0 Å². The highest BCUT2D eigenvalue weighted by molar-refractivity contribution is 6.30. The van der Waals surface area contributed by atoms with Crippen LogP contribution in [0.3, 0.4) is 0 Å². The third-order valence-corrected chi connectivity index (χ3v) is 5.11. The molecule has 3 amide bonds. The van der Waals surface area contributed by atoms with Gasteiger partial charge in [0.05, 0.1) is 6.04 Å². The lowest BCUT2D eigenvalue weighted by Crippen LogP contribution is -2.48.